The van der Waals surface area contributed by atoms with Gasteiger partial charge in [-0.2, -0.15) is 0 Å². The number of benzene rings is 1. The van der Waals surface area contributed by atoms with Gasteiger partial charge in [-0.25, -0.2) is 4.39 Å². The summed E-state index contributed by atoms with van der Waals surface area (Å²) in [6, 6.07) is 4.32. The molecule has 0 aliphatic carbocycles. The van der Waals surface area contributed by atoms with E-state index in [-0.39, 0.29) is 17.9 Å². The van der Waals surface area contributed by atoms with Gasteiger partial charge in [-0.3, -0.25) is 4.79 Å². The molecule has 0 aromatic heterocycles. The van der Waals surface area contributed by atoms with Crippen LogP contribution < -0.4 is 5.73 Å². The first-order valence-electron chi connectivity index (χ1n) is 5.51. The first kappa shape index (κ1) is 14.0. The maximum atomic E-state index is 13.6. The van der Waals surface area contributed by atoms with Crippen LogP contribution in [0.1, 0.15) is 22.8 Å². The maximum absolute atomic E-state index is 13.6. The molecular formula is C12H16FN3O2. The van der Waals surface area contributed by atoms with Gasteiger partial charge < -0.3 is 15.8 Å². The highest BCUT2D eigenvalue weighted by molar-refractivity contribution is 5.97. The Labute approximate surface area is 105 Å². The van der Waals surface area contributed by atoms with Crippen LogP contribution in [-0.2, 0) is 0 Å². The molecular weight excluding hydrogens is 237 g/mol. The Morgan fingerprint density at radius 1 is 1.56 bits per heavy atom. The molecule has 3 N–H and O–H groups in total. The zero-order valence-electron chi connectivity index (χ0n) is 10.4. The van der Waals surface area contributed by atoms with Crippen molar-refractivity contribution in [1.82, 2.24) is 4.90 Å². The molecule has 0 bridgehead atoms. The van der Waals surface area contributed by atoms with E-state index in [4.69, 9.17) is 10.9 Å². The van der Waals surface area contributed by atoms with Gasteiger partial charge in [0.1, 0.15) is 5.82 Å². The Morgan fingerprint density at radius 3 is 2.78 bits per heavy atom. The van der Waals surface area contributed by atoms with E-state index in [0.29, 0.717) is 6.54 Å². The quantitative estimate of drug-likeness (QED) is 0.368. The van der Waals surface area contributed by atoms with Crippen LogP contribution in [0.15, 0.2) is 23.4 Å². The van der Waals surface area contributed by atoms with Gasteiger partial charge in [0.2, 0.25) is 0 Å². The normalized spacial score (nSPS) is 11.4. The van der Waals surface area contributed by atoms with Crippen LogP contribution >= 0.6 is 0 Å². The lowest BCUT2D eigenvalue weighted by molar-refractivity contribution is 0.0781. The molecule has 0 heterocycles. The molecule has 0 spiro atoms. The molecule has 0 saturated carbocycles. The third-order valence-electron chi connectivity index (χ3n) is 2.50. The monoisotopic (exact) mass is 253 g/mol. The van der Waals surface area contributed by atoms with Crippen LogP contribution in [0.3, 0.4) is 0 Å². The largest absolute Gasteiger partial charge is 0.409 e. The molecule has 18 heavy (non-hydrogen) atoms. The van der Waals surface area contributed by atoms with E-state index in [1.807, 2.05) is 0 Å². The third-order valence-corrected chi connectivity index (χ3v) is 2.50. The third kappa shape index (κ3) is 3.19. The lowest BCUT2D eigenvalue weighted by Crippen LogP contribution is -2.38. The summed E-state index contributed by atoms with van der Waals surface area (Å²) in [6.45, 7) is 3.80. The van der Waals surface area contributed by atoms with Gasteiger partial charge in [-0.1, -0.05) is 16.8 Å². The van der Waals surface area contributed by atoms with Crippen LogP contribution in [-0.4, -0.2) is 34.9 Å². The van der Waals surface area contributed by atoms with Crippen molar-refractivity contribution >= 4 is 11.7 Å². The van der Waals surface area contributed by atoms with Gasteiger partial charge in [0.15, 0.2) is 5.84 Å². The van der Waals surface area contributed by atoms with Crippen LogP contribution in [0.5, 0.6) is 0 Å². The van der Waals surface area contributed by atoms with E-state index in [1.54, 1.807) is 19.9 Å². The minimum Gasteiger partial charge on any atom is -0.409 e. The van der Waals surface area contributed by atoms with Crippen molar-refractivity contribution in [3.8, 4) is 0 Å². The van der Waals surface area contributed by atoms with Crippen molar-refractivity contribution < 1.29 is 14.4 Å². The Balaban J connectivity index is 3.00. The molecule has 0 saturated heterocycles. The second-order valence-corrected chi connectivity index (χ2v) is 3.89. The number of carbonyl (C=O) groups excluding carboxylic acids is 1. The summed E-state index contributed by atoms with van der Waals surface area (Å²) in [6.07, 6.45) is 0. The standard InChI is InChI=1S/C12H16FN3O2/c1-3-16(7-11(14)15-18)12(17)9-6-8(2)4-5-10(9)13/h4-6,18H,3,7H2,1-2H3,(H2,14,15). The van der Waals surface area contributed by atoms with E-state index in [2.05, 4.69) is 5.16 Å². The van der Waals surface area contributed by atoms with E-state index in [1.165, 1.54) is 17.0 Å². The molecule has 0 unspecified atom stereocenters. The molecule has 1 aromatic rings. The fourth-order valence-corrected chi connectivity index (χ4v) is 1.53. The Bertz CT molecular complexity index is 474. The zero-order valence-corrected chi connectivity index (χ0v) is 10.4. The maximum Gasteiger partial charge on any atom is 0.257 e. The molecule has 1 amide bonds. The number of nitrogens with zero attached hydrogens (tertiary/aromatic N) is 2. The van der Waals surface area contributed by atoms with Gasteiger partial charge in [-0.05, 0) is 26.0 Å². The first-order valence-corrected chi connectivity index (χ1v) is 5.51. The molecule has 0 fully saturated rings. The van der Waals surface area contributed by atoms with E-state index < -0.39 is 11.7 Å². The number of halogens is 1. The minimum atomic E-state index is -0.580. The van der Waals surface area contributed by atoms with Gasteiger partial charge in [0.05, 0.1) is 12.1 Å². The number of carbonyl (C=O) groups is 1. The molecule has 5 nitrogen and oxygen atoms in total. The molecule has 0 atom stereocenters. The number of hydrogen-bond acceptors (Lipinski definition) is 3. The molecule has 0 radical (unpaired) electrons. The van der Waals surface area contributed by atoms with Crippen molar-refractivity contribution in [2.24, 2.45) is 10.9 Å². The number of oxime groups is 1. The van der Waals surface area contributed by atoms with Crippen molar-refractivity contribution in [2.45, 2.75) is 13.8 Å². The highest BCUT2D eigenvalue weighted by atomic mass is 19.1. The smallest absolute Gasteiger partial charge is 0.257 e. The predicted molar refractivity (Wildman–Crippen MR) is 66.1 cm³/mol. The van der Waals surface area contributed by atoms with Crippen molar-refractivity contribution in [3.05, 3.63) is 35.1 Å². The number of amidine groups is 1. The van der Waals surface area contributed by atoms with E-state index in [0.717, 1.165) is 5.56 Å². The fourth-order valence-electron chi connectivity index (χ4n) is 1.53. The molecule has 98 valence electrons. The average Bonchev–Trinajstić information content (AvgIpc) is 2.37. The van der Waals surface area contributed by atoms with Crippen molar-refractivity contribution in [2.75, 3.05) is 13.1 Å². The molecule has 0 aliphatic rings. The number of hydrogen-bond donors (Lipinski definition) is 2. The minimum absolute atomic E-state index is 0.0115. The Hall–Kier alpha value is -2.11. The average molecular weight is 253 g/mol. The summed E-state index contributed by atoms with van der Waals surface area (Å²) < 4.78 is 13.6. The number of rotatable bonds is 4. The highest BCUT2D eigenvalue weighted by Crippen LogP contribution is 2.12. The second kappa shape index (κ2) is 6.00. The van der Waals surface area contributed by atoms with Crippen LogP contribution in [0.4, 0.5) is 4.39 Å². The summed E-state index contributed by atoms with van der Waals surface area (Å²) in [7, 11) is 0. The Morgan fingerprint density at radius 2 is 2.22 bits per heavy atom. The van der Waals surface area contributed by atoms with E-state index in [9.17, 15) is 9.18 Å². The lowest BCUT2D eigenvalue weighted by Gasteiger charge is -2.20. The van der Waals surface area contributed by atoms with Crippen molar-refractivity contribution in [1.29, 1.82) is 0 Å². The van der Waals surface area contributed by atoms with Gasteiger partial charge in [0.25, 0.3) is 5.91 Å². The number of amides is 1. The first-order chi connectivity index (χ1) is 8.49. The number of likely N-dealkylation sites (N-methyl/N-ethyl adjacent to an activating group) is 1. The van der Waals surface area contributed by atoms with Gasteiger partial charge in [-0.15, -0.1) is 0 Å². The van der Waals surface area contributed by atoms with Gasteiger partial charge >= 0.3 is 0 Å². The molecule has 6 heteroatoms. The van der Waals surface area contributed by atoms with Crippen LogP contribution in [0.25, 0.3) is 0 Å². The fraction of sp³-hybridized carbons (Fsp3) is 0.333. The predicted octanol–water partition coefficient (Wildman–Crippen LogP) is 1.34. The second-order valence-electron chi connectivity index (χ2n) is 3.89. The zero-order chi connectivity index (χ0) is 13.7. The number of aryl methyl sites for hydroxylation is 1. The summed E-state index contributed by atoms with van der Waals surface area (Å²) in [5.41, 5.74) is 6.13. The summed E-state index contributed by atoms with van der Waals surface area (Å²) in [4.78, 5) is 13.4. The molecule has 1 rings (SSSR count). The van der Waals surface area contributed by atoms with Crippen molar-refractivity contribution in [3.63, 3.8) is 0 Å². The summed E-state index contributed by atoms with van der Waals surface area (Å²) >= 11 is 0. The van der Waals surface area contributed by atoms with Gasteiger partial charge in [0, 0.05) is 6.54 Å². The lowest BCUT2D eigenvalue weighted by atomic mass is 10.1. The Kier molecular flexibility index (Phi) is 4.65. The van der Waals surface area contributed by atoms with Crippen LogP contribution in [0.2, 0.25) is 0 Å². The highest BCUT2D eigenvalue weighted by Gasteiger charge is 2.19. The topological polar surface area (TPSA) is 78.9 Å². The summed E-state index contributed by atoms with van der Waals surface area (Å²) in [5, 5.41) is 11.3. The number of nitrogens with two attached hydrogens (primary N) is 1. The summed E-state index contributed by atoms with van der Waals surface area (Å²) in [5.74, 6) is -1.16. The van der Waals surface area contributed by atoms with E-state index >= 15 is 0 Å². The molecule has 0 aliphatic heterocycles. The SMILES string of the molecule is CCN(CC(N)=NO)C(=O)c1cc(C)ccc1F. The molecule has 1 aromatic carbocycles. The van der Waals surface area contributed by atoms with Crippen LogP contribution in [0, 0.1) is 12.7 Å².